The second-order valence-electron chi connectivity index (χ2n) is 4.05. The summed E-state index contributed by atoms with van der Waals surface area (Å²) in [6.07, 6.45) is 0.214. The van der Waals surface area contributed by atoms with Crippen LogP contribution in [0.2, 0.25) is 0 Å². The molecule has 2 rings (SSSR count). The molecule has 0 N–H and O–H groups in total. The minimum atomic E-state index is -2.51. The zero-order chi connectivity index (χ0) is 12.3. The van der Waals surface area contributed by atoms with Gasteiger partial charge in [0.05, 0.1) is 6.04 Å². The number of allylic oxidation sites excluding steroid dienone is 1. The molecule has 1 unspecified atom stereocenters. The molecule has 1 atom stereocenters. The number of nitrogens with zero attached hydrogens (tertiary/aromatic N) is 1. The van der Waals surface area contributed by atoms with Crippen LogP contribution in [0.1, 0.15) is 12.0 Å². The van der Waals surface area contributed by atoms with Crippen LogP contribution in [0, 0.1) is 0 Å². The summed E-state index contributed by atoms with van der Waals surface area (Å²) in [5, 5.41) is 0. The normalized spacial score (nSPS) is 20.1. The van der Waals surface area contributed by atoms with E-state index >= 15 is 0 Å². The number of hydrogen-bond donors (Lipinski definition) is 0. The van der Waals surface area contributed by atoms with Crippen LogP contribution in [0.25, 0.3) is 0 Å². The van der Waals surface area contributed by atoms with E-state index in [9.17, 15) is 13.6 Å². The lowest BCUT2D eigenvalue weighted by atomic mass is 10.0. The van der Waals surface area contributed by atoms with Crippen molar-refractivity contribution in [3.8, 4) is 0 Å². The van der Waals surface area contributed by atoms with E-state index in [1.165, 1.54) is 17.2 Å². The van der Waals surface area contributed by atoms with E-state index in [0.29, 0.717) is 6.54 Å². The van der Waals surface area contributed by atoms with Crippen LogP contribution in [-0.4, -0.2) is 23.2 Å². The maximum Gasteiger partial charge on any atom is 0.259 e. The third kappa shape index (κ3) is 2.90. The zero-order valence-electron chi connectivity index (χ0n) is 9.22. The highest BCUT2D eigenvalue weighted by atomic mass is 19.3. The van der Waals surface area contributed by atoms with Crippen LogP contribution in [0.15, 0.2) is 42.6 Å². The van der Waals surface area contributed by atoms with Gasteiger partial charge >= 0.3 is 0 Å². The van der Waals surface area contributed by atoms with E-state index in [0.717, 1.165) is 5.56 Å². The molecule has 0 fully saturated rings. The fraction of sp³-hybridized carbons (Fsp3) is 0.308. The predicted octanol–water partition coefficient (Wildman–Crippen LogP) is 2.61. The van der Waals surface area contributed by atoms with Gasteiger partial charge in [0, 0.05) is 19.2 Å². The fourth-order valence-electron chi connectivity index (χ4n) is 1.88. The van der Waals surface area contributed by atoms with E-state index in [4.69, 9.17) is 0 Å². The summed E-state index contributed by atoms with van der Waals surface area (Å²) in [4.78, 5) is 12.7. The molecule has 0 spiro atoms. The Morgan fingerprint density at radius 2 is 2.00 bits per heavy atom. The van der Waals surface area contributed by atoms with Gasteiger partial charge in [-0.2, -0.15) is 0 Å². The average Bonchev–Trinajstić information content (AvgIpc) is 2.32. The molecule has 90 valence electrons. The second kappa shape index (κ2) is 5.08. The lowest BCUT2D eigenvalue weighted by Gasteiger charge is -2.32. The first-order chi connectivity index (χ1) is 8.16. The number of ketones is 1. The van der Waals surface area contributed by atoms with Gasteiger partial charge in [0.1, 0.15) is 0 Å². The number of hydrogen-bond acceptors (Lipinski definition) is 2. The summed E-state index contributed by atoms with van der Waals surface area (Å²) in [6, 6.07) is 8.37. The lowest BCUT2D eigenvalue weighted by Crippen LogP contribution is -2.40. The highest BCUT2D eigenvalue weighted by molar-refractivity contribution is 5.90. The Morgan fingerprint density at radius 1 is 1.29 bits per heavy atom. The maximum absolute atomic E-state index is 12.8. The Labute approximate surface area is 98.5 Å². The van der Waals surface area contributed by atoms with Crippen molar-refractivity contribution in [2.45, 2.75) is 25.4 Å². The van der Waals surface area contributed by atoms with Crippen molar-refractivity contribution in [2.75, 3.05) is 0 Å². The molecule has 0 aliphatic carbocycles. The van der Waals surface area contributed by atoms with Gasteiger partial charge in [0.15, 0.2) is 5.78 Å². The van der Waals surface area contributed by atoms with E-state index < -0.39 is 12.5 Å². The highest BCUT2D eigenvalue weighted by Gasteiger charge is 2.30. The van der Waals surface area contributed by atoms with E-state index in [1.807, 2.05) is 30.3 Å². The zero-order valence-corrected chi connectivity index (χ0v) is 9.22. The molecular weight excluding hydrogens is 224 g/mol. The standard InChI is InChI=1S/C13H13F2NO/c14-13(15)12-8-11(17)6-7-16(12)9-10-4-2-1-3-5-10/h1-7,12-13H,8-9H2. The van der Waals surface area contributed by atoms with Crippen LogP contribution in [0.3, 0.4) is 0 Å². The first kappa shape index (κ1) is 11.8. The minimum absolute atomic E-state index is 0.110. The van der Waals surface area contributed by atoms with Gasteiger partial charge in [-0.25, -0.2) is 8.78 Å². The Bertz CT molecular complexity index is 417. The summed E-state index contributed by atoms with van der Waals surface area (Å²) in [5.74, 6) is -0.236. The van der Waals surface area contributed by atoms with Crippen LogP contribution in [0.5, 0.6) is 0 Å². The Balaban J connectivity index is 2.13. The molecule has 0 amide bonds. The van der Waals surface area contributed by atoms with Gasteiger partial charge in [-0.15, -0.1) is 0 Å². The van der Waals surface area contributed by atoms with Crippen LogP contribution < -0.4 is 0 Å². The second-order valence-corrected chi connectivity index (χ2v) is 4.05. The van der Waals surface area contributed by atoms with E-state index in [1.54, 1.807) is 0 Å². The number of halogens is 2. The number of carbonyl (C=O) groups is 1. The van der Waals surface area contributed by atoms with Gasteiger partial charge in [-0.3, -0.25) is 4.79 Å². The van der Waals surface area contributed by atoms with Crippen molar-refractivity contribution in [1.29, 1.82) is 0 Å². The third-order valence-corrected chi connectivity index (χ3v) is 2.79. The highest BCUT2D eigenvalue weighted by Crippen LogP contribution is 2.21. The van der Waals surface area contributed by atoms with Crippen molar-refractivity contribution in [3.05, 3.63) is 48.2 Å². The number of benzene rings is 1. The maximum atomic E-state index is 12.8. The molecule has 0 aromatic heterocycles. The van der Waals surface area contributed by atoms with E-state index in [-0.39, 0.29) is 12.2 Å². The third-order valence-electron chi connectivity index (χ3n) is 2.79. The molecule has 1 aromatic rings. The SMILES string of the molecule is O=C1C=CN(Cc2ccccc2)C(C(F)F)C1. The van der Waals surface area contributed by atoms with Crippen molar-refractivity contribution < 1.29 is 13.6 Å². The Hall–Kier alpha value is -1.71. The smallest absolute Gasteiger partial charge is 0.259 e. The first-order valence-corrected chi connectivity index (χ1v) is 5.45. The average molecular weight is 237 g/mol. The summed E-state index contributed by atoms with van der Waals surface area (Å²) in [5.41, 5.74) is 0.956. The van der Waals surface area contributed by atoms with Crippen molar-refractivity contribution in [1.82, 2.24) is 4.90 Å². The van der Waals surface area contributed by atoms with Gasteiger partial charge in [-0.1, -0.05) is 30.3 Å². The quantitative estimate of drug-likeness (QED) is 0.805. The fourth-order valence-corrected chi connectivity index (χ4v) is 1.88. The molecule has 1 aliphatic rings. The molecular formula is C13H13F2NO. The number of rotatable bonds is 3. The Kier molecular flexibility index (Phi) is 3.52. The molecule has 0 bridgehead atoms. The molecule has 2 nitrogen and oxygen atoms in total. The number of carbonyl (C=O) groups excluding carboxylic acids is 1. The lowest BCUT2D eigenvalue weighted by molar-refractivity contribution is -0.118. The Morgan fingerprint density at radius 3 is 2.65 bits per heavy atom. The molecule has 17 heavy (non-hydrogen) atoms. The van der Waals surface area contributed by atoms with Crippen LogP contribution in [-0.2, 0) is 11.3 Å². The molecule has 1 heterocycles. The molecule has 1 aliphatic heterocycles. The summed E-state index contributed by atoms with van der Waals surface area (Å²) in [6.45, 7) is 0.402. The first-order valence-electron chi connectivity index (χ1n) is 5.45. The van der Waals surface area contributed by atoms with Crippen LogP contribution >= 0.6 is 0 Å². The molecule has 1 aromatic carbocycles. The van der Waals surface area contributed by atoms with Gasteiger partial charge < -0.3 is 4.90 Å². The summed E-state index contributed by atoms with van der Waals surface area (Å²) < 4.78 is 25.6. The van der Waals surface area contributed by atoms with Gasteiger partial charge in [-0.05, 0) is 11.6 Å². The van der Waals surface area contributed by atoms with E-state index in [2.05, 4.69) is 0 Å². The molecule has 0 radical (unpaired) electrons. The topological polar surface area (TPSA) is 20.3 Å². The van der Waals surface area contributed by atoms with Gasteiger partial charge in [0.2, 0.25) is 0 Å². The van der Waals surface area contributed by atoms with Crippen molar-refractivity contribution in [2.24, 2.45) is 0 Å². The summed E-state index contributed by atoms with van der Waals surface area (Å²) in [7, 11) is 0. The largest absolute Gasteiger partial charge is 0.364 e. The predicted molar refractivity (Wildman–Crippen MR) is 60.5 cm³/mol. The summed E-state index contributed by atoms with van der Waals surface area (Å²) >= 11 is 0. The minimum Gasteiger partial charge on any atom is -0.364 e. The molecule has 0 saturated heterocycles. The molecule has 0 saturated carbocycles. The van der Waals surface area contributed by atoms with Crippen molar-refractivity contribution >= 4 is 5.78 Å². The van der Waals surface area contributed by atoms with Crippen LogP contribution in [0.4, 0.5) is 8.78 Å². The number of alkyl halides is 2. The monoisotopic (exact) mass is 237 g/mol. The van der Waals surface area contributed by atoms with Gasteiger partial charge in [0.25, 0.3) is 6.43 Å². The van der Waals surface area contributed by atoms with Crippen molar-refractivity contribution in [3.63, 3.8) is 0 Å². The molecule has 4 heteroatoms.